The van der Waals surface area contributed by atoms with Gasteiger partial charge in [0, 0.05) is 11.3 Å². The smallest absolute Gasteiger partial charge is 0.290 e. The van der Waals surface area contributed by atoms with Crippen LogP contribution >= 0.6 is 0 Å². The van der Waals surface area contributed by atoms with Crippen LogP contribution in [0.3, 0.4) is 0 Å². The molecule has 1 heterocycles. The molecule has 1 aliphatic heterocycles. The molecule has 0 fully saturated rings. The third kappa shape index (κ3) is 2.12. The van der Waals surface area contributed by atoms with Crippen LogP contribution in [0.15, 0.2) is 35.5 Å². The molecule has 5 nitrogen and oxygen atoms in total. The molecular formula is C10H10N2O3. The number of oxime groups is 1. The van der Waals surface area contributed by atoms with Crippen LogP contribution in [0.25, 0.3) is 0 Å². The predicted molar refractivity (Wildman–Crippen MR) is 54.3 cm³/mol. The average molecular weight is 206 g/mol. The summed E-state index contributed by atoms with van der Waals surface area (Å²) in [7, 11) is 0. The summed E-state index contributed by atoms with van der Waals surface area (Å²) < 4.78 is 0. The molecule has 1 aromatic carbocycles. The first-order valence-corrected chi connectivity index (χ1v) is 4.63. The summed E-state index contributed by atoms with van der Waals surface area (Å²) in [6.45, 7) is 0.0508. The number of rotatable bonds is 3. The van der Waals surface area contributed by atoms with E-state index in [1.165, 1.54) is 0 Å². The van der Waals surface area contributed by atoms with Gasteiger partial charge >= 0.3 is 0 Å². The Balaban J connectivity index is 2.09. The van der Waals surface area contributed by atoms with E-state index < -0.39 is 6.04 Å². The molecule has 0 aliphatic carbocycles. The molecule has 1 unspecified atom stereocenters. The van der Waals surface area contributed by atoms with Gasteiger partial charge in [-0.05, 0) is 5.56 Å². The van der Waals surface area contributed by atoms with Crippen molar-refractivity contribution in [3.8, 4) is 0 Å². The van der Waals surface area contributed by atoms with Gasteiger partial charge in [0.2, 0.25) is 0 Å². The van der Waals surface area contributed by atoms with Crippen molar-refractivity contribution in [1.82, 2.24) is 0 Å². The fourth-order valence-electron chi connectivity index (χ4n) is 1.49. The second-order valence-electron chi connectivity index (χ2n) is 3.34. The van der Waals surface area contributed by atoms with Gasteiger partial charge in [0.25, 0.3) is 6.04 Å². The third-order valence-corrected chi connectivity index (χ3v) is 2.28. The highest BCUT2D eigenvalue weighted by molar-refractivity contribution is 5.91. The maximum atomic E-state index is 10.6. The zero-order chi connectivity index (χ0) is 10.7. The lowest BCUT2D eigenvalue weighted by Crippen LogP contribution is -2.30. The predicted octanol–water partition coefficient (Wildman–Crippen LogP) is 1.26. The van der Waals surface area contributed by atoms with Crippen molar-refractivity contribution < 1.29 is 9.76 Å². The number of hydrogen-bond acceptors (Lipinski definition) is 4. The van der Waals surface area contributed by atoms with Gasteiger partial charge in [-0.15, -0.1) is 0 Å². The molecule has 0 saturated heterocycles. The second-order valence-corrected chi connectivity index (χ2v) is 3.34. The van der Waals surface area contributed by atoms with E-state index in [2.05, 4.69) is 5.16 Å². The minimum absolute atomic E-state index is 0.0508. The van der Waals surface area contributed by atoms with Crippen molar-refractivity contribution in [1.29, 1.82) is 0 Å². The fourth-order valence-corrected chi connectivity index (χ4v) is 1.49. The van der Waals surface area contributed by atoms with Gasteiger partial charge in [0.1, 0.15) is 5.71 Å². The Morgan fingerprint density at radius 3 is 2.87 bits per heavy atom. The van der Waals surface area contributed by atoms with Gasteiger partial charge in [-0.1, -0.05) is 35.5 Å². The Labute approximate surface area is 86.5 Å². The quantitative estimate of drug-likeness (QED) is 0.552. The van der Waals surface area contributed by atoms with E-state index in [4.69, 9.17) is 4.84 Å². The normalized spacial score (nSPS) is 19.5. The van der Waals surface area contributed by atoms with E-state index in [-0.39, 0.29) is 11.5 Å². The lowest BCUT2D eigenvalue weighted by molar-refractivity contribution is -0.503. The zero-order valence-electron chi connectivity index (χ0n) is 8.00. The van der Waals surface area contributed by atoms with E-state index in [9.17, 15) is 10.1 Å². The lowest BCUT2D eigenvalue weighted by Gasteiger charge is -2.02. The standard InChI is InChI=1S/C10H10N2O3/c13-12(14)10-7-15-11-9(10)6-8-4-2-1-3-5-8/h1-5,10H,6-7H2. The van der Waals surface area contributed by atoms with Crippen LogP contribution in [-0.4, -0.2) is 23.3 Å². The Morgan fingerprint density at radius 2 is 2.20 bits per heavy atom. The van der Waals surface area contributed by atoms with E-state index in [0.717, 1.165) is 5.56 Å². The molecule has 1 atom stereocenters. The van der Waals surface area contributed by atoms with Crippen LogP contribution in [0.2, 0.25) is 0 Å². The summed E-state index contributed by atoms with van der Waals surface area (Å²) in [6.07, 6.45) is 0.479. The maximum absolute atomic E-state index is 10.6. The van der Waals surface area contributed by atoms with Crippen molar-refractivity contribution in [2.75, 3.05) is 6.61 Å². The van der Waals surface area contributed by atoms with Crippen molar-refractivity contribution in [3.63, 3.8) is 0 Å². The van der Waals surface area contributed by atoms with E-state index >= 15 is 0 Å². The number of benzene rings is 1. The van der Waals surface area contributed by atoms with Crippen LogP contribution in [0, 0.1) is 10.1 Å². The molecule has 0 amide bonds. The number of nitro groups is 1. The lowest BCUT2D eigenvalue weighted by atomic mass is 10.0. The average Bonchev–Trinajstić information content (AvgIpc) is 2.67. The minimum atomic E-state index is -0.787. The van der Waals surface area contributed by atoms with Crippen LogP contribution < -0.4 is 0 Å². The number of hydrogen-bond donors (Lipinski definition) is 0. The van der Waals surface area contributed by atoms with E-state index in [0.29, 0.717) is 12.1 Å². The Morgan fingerprint density at radius 1 is 1.47 bits per heavy atom. The van der Waals surface area contributed by atoms with Crippen molar-refractivity contribution in [3.05, 3.63) is 46.0 Å². The molecule has 0 bridgehead atoms. The Bertz CT molecular complexity index is 389. The van der Waals surface area contributed by atoms with Crippen LogP contribution in [-0.2, 0) is 11.3 Å². The van der Waals surface area contributed by atoms with Gasteiger partial charge in [-0.25, -0.2) is 0 Å². The SMILES string of the molecule is O=[N+]([O-])C1CON=C1Cc1ccccc1. The molecular weight excluding hydrogens is 196 g/mol. The summed E-state index contributed by atoms with van der Waals surface area (Å²) in [6, 6.07) is 8.74. The van der Waals surface area contributed by atoms with Gasteiger partial charge < -0.3 is 4.84 Å². The van der Waals surface area contributed by atoms with Gasteiger partial charge in [0.15, 0.2) is 6.61 Å². The van der Waals surface area contributed by atoms with Gasteiger partial charge in [-0.2, -0.15) is 0 Å². The summed E-state index contributed by atoms with van der Waals surface area (Å²) in [5.41, 5.74) is 1.50. The van der Waals surface area contributed by atoms with Gasteiger partial charge in [0.05, 0.1) is 0 Å². The molecule has 15 heavy (non-hydrogen) atoms. The number of nitrogens with zero attached hydrogens (tertiary/aromatic N) is 2. The molecule has 2 rings (SSSR count). The van der Waals surface area contributed by atoms with Crippen LogP contribution in [0.4, 0.5) is 0 Å². The Kier molecular flexibility index (Phi) is 2.62. The minimum Gasteiger partial charge on any atom is -0.388 e. The van der Waals surface area contributed by atoms with Crippen molar-refractivity contribution >= 4 is 5.71 Å². The van der Waals surface area contributed by atoms with Crippen LogP contribution in [0.1, 0.15) is 5.56 Å². The Hall–Kier alpha value is -1.91. The molecule has 0 saturated carbocycles. The van der Waals surface area contributed by atoms with E-state index in [1.807, 2.05) is 30.3 Å². The van der Waals surface area contributed by atoms with Crippen molar-refractivity contribution in [2.24, 2.45) is 5.16 Å². The molecule has 0 aromatic heterocycles. The fraction of sp³-hybridized carbons (Fsp3) is 0.300. The first kappa shape index (κ1) is 9.64. The second kappa shape index (κ2) is 4.08. The third-order valence-electron chi connectivity index (χ3n) is 2.28. The first-order valence-electron chi connectivity index (χ1n) is 4.63. The highest BCUT2D eigenvalue weighted by Gasteiger charge is 2.33. The molecule has 0 N–H and O–H groups in total. The van der Waals surface area contributed by atoms with Gasteiger partial charge in [-0.3, -0.25) is 10.1 Å². The first-order chi connectivity index (χ1) is 7.27. The van der Waals surface area contributed by atoms with E-state index in [1.54, 1.807) is 0 Å². The van der Waals surface area contributed by atoms with Crippen molar-refractivity contribution in [2.45, 2.75) is 12.5 Å². The molecule has 1 aromatic rings. The highest BCUT2D eigenvalue weighted by atomic mass is 16.7. The highest BCUT2D eigenvalue weighted by Crippen LogP contribution is 2.11. The molecule has 1 aliphatic rings. The molecule has 0 spiro atoms. The van der Waals surface area contributed by atoms with Crippen LogP contribution in [0.5, 0.6) is 0 Å². The summed E-state index contributed by atoms with van der Waals surface area (Å²) in [4.78, 5) is 15.0. The topological polar surface area (TPSA) is 64.7 Å². The summed E-state index contributed by atoms with van der Waals surface area (Å²) in [5, 5.41) is 14.4. The molecule has 5 heteroatoms. The largest absolute Gasteiger partial charge is 0.388 e. The summed E-state index contributed by atoms with van der Waals surface area (Å²) >= 11 is 0. The zero-order valence-corrected chi connectivity index (χ0v) is 8.00. The summed E-state index contributed by atoms with van der Waals surface area (Å²) in [5.74, 6) is 0. The molecule has 78 valence electrons. The monoisotopic (exact) mass is 206 g/mol. The maximum Gasteiger partial charge on any atom is 0.290 e. The molecule has 0 radical (unpaired) electrons.